The van der Waals surface area contributed by atoms with Crippen LogP contribution in [-0.2, 0) is 0 Å². The van der Waals surface area contributed by atoms with Crippen molar-refractivity contribution >= 4 is 5.69 Å². The number of nitrogens with one attached hydrogen (secondary N) is 2. The van der Waals surface area contributed by atoms with Gasteiger partial charge in [-0.2, -0.15) is 0 Å². The third-order valence-electron chi connectivity index (χ3n) is 16.0. The normalized spacial score (nSPS) is 45.1. The lowest BCUT2D eigenvalue weighted by atomic mass is 9.59. The Balaban J connectivity index is 0.739. The summed E-state index contributed by atoms with van der Waals surface area (Å²) in [5.41, 5.74) is 3.02. The number of benzene rings is 1. The molecule has 1 aromatic carbocycles. The maximum absolute atomic E-state index is 4.19. The molecule has 7 aliphatic rings. The highest BCUT2D eigenvalue weighted by Crippen LogP contribution is 2.54. The van der Waals surface area contributed by atoms with Gasteiger partial charge in [-0.15, -0.1) is 0 Å². The SMILES string of the molecule is CC1C2CCN(CCCCCCCCN3CCC4C(C)C5NC6CCCCC6C5CC4C3C)C(C)C2CC2c3ccccc3NC21. The lowest BCUT2D eigenvalue weighted by molar-refractivity contribution is -0.0261. The summed E-state index contributed by atoms with van der Waals surface area (Å²) in [7, 11) is 0. The van der Waals surface area contributed by atoms with Gasteiger partial charge in [-0.25, -0.2) is 0 Å². The first kappa shape index (κ1) is 32.1. The first-order valence-electron chi connectivity index (χ1n) is 20.6. The van der Waals surface area contributed by atoms with E-state index in [4.69, 9.17) is 0 Å². The standard InChI is InChI=1S/C42H68N4/c1-27-31-19-23-45(29(3)35(31)25-37-33-15-9-11-17-39(33)43-41(27)37)21-13-7-5-6-8-14-22-46-24-20-32-28(2)42-38(26-36(32)30(46)4)34-16-10-12-18-40(34)44-42/h9,11,15,17,27-32,34-38,40-44H,5-8,10,12-14,16,18-26H2,1-4H3. The summed E-state index contributed by atoms with van der Waals surface area (Å²) in [6, 6.07) is 13.1. The predicted molar refractivity (Wildman–Crippen MR) is 193 cm³/mol. The number of anilines is 1. The van der Waals surface area contributed by atoms with E-state index in [1.807, 2.05) is 0 Å². The minimum Gasteiger partial charge on any atom is -0.381 e. The van der Waals surface area contributed by atoms with Gasteiger partial charge < -0.3 is 20.4 Å². The zero-order valence-corrected chi connectivity index (χ0v) is 30.0. The molecule has 0 radical (unpaired) electrons. The number of rotatable bonds is 9. The van der Waals surface area contributed by atoms with Crippen LogP contribution in [0.4, 0.5) is 5.69 Å². The molecule has 0 bridgehead atoms. The van der Waals surface area contributed by atoms with Crippen LogP contribution in [0.1, 0.15) is 129 Å². The number of likely N-dealkylation sites (tertiary alicyclic amines) is 2. The number of nitrogens with zero attached hydrogens (tertiary/aromatic N) is 2. The highest BCUT2D eigenvalue weighted by molar-refractivity contribution is 5.60. The van der Waals surface area contributed by atoms with Crippen LogP contribution in [-0.4, -0.2) is 66.2 Å². The molecule has 4 nitrogen and oxygen atoms in total. The van der Waals surface area contributed by atoms with Crippen LogP contribution in [0.25, 0.3) is 0 Å². The summed E-state index contributed by atoms with van der Waals surface area (Å²) in [5, 5.41) is 8.13. The molecule has 4 heteroatoms. The third kappa shape index (κ3) is 5.81. The number of unbranched alkanes of at least 4 members (excludes halogenated alkanes) is 5. The number of para-hydroxylation sites is 1. The Kier molecular flexibility index (Phi) is 9.54. The lowest BCUT2D eigenvalue weighted by Gasteiger charge is -2.53. The quantitative estimate of drug-likeness (QED) is 0.268. The lowest BCUT2D eigenvalue weighted by Crippen LogP contribution is -2.56. The Bertz CT molecular complexity index is 1170. The number of piperidine rings is 2. The minimum absolute atomic E-state index is 0.657. The fourth-order valence-corrected chi connectivity index (χ4v) is 13.5. The van der Waals surface area contributed by atoms with Crippen molar-refractivity contribution in [2.75, 3.05) is 31.5 Å². The molecule has 0 spiro atoms. The highest BCUT2D eigenvalue weighted by Gasteiger charge is 2.54. The van der Waals surface area contributed by atoms with Crippen molar-refractivity contribution in [1.29, 1.82) is 0 Å². The Morgan fingerprint density at radius 2 is 1.22 bits per heavy atom. The summed E-state index contributed by atoms with van der Waals surface area (Å²) >= 11 is 0. The number of hydrogen-bond acceptors (Lipinski definition) is 4. The van der Waals surface area contributed by atoms with Crippen molar-refractivity contribution in [3.63, 3.8) is 0 Å². The molecule has 4 heterocycles. The zero-order valence-electron chi connectivity index (χ0n) is 30.0. The Hall–Kier alpha value is -1.10. The summed E-state index contributed by atoms with van der Waals surface area (Å²) in [6.07, 6.45) is 20.2. The van der Waals surface area contributed by atoms with Gasteiger partial charge in [0.1, 0.15) is 0 Å². The predicted octanol–water partition coefficient (Wildman–Crippen LogP) is 8.78. The maximum Gasteiger partial charge on any atom is 0.0378 e. The van der Waals surface area contributed by atoms with E-state index in [2.05, 4.69) is 72.4 Å². The van der Waals surface area contributed by atoms with Crippen molar-refractivity contribution in [1.82, 2.24) is 15.1 Å². The summed E-state index contributed by atoms with van der Waals surface area (Å²) in [6.45, 7) is 15.7. The van der Waals surface area contributed by atoms with E-state index in [1.165, 1.54) is 122 Å². The van der Waals surface area contributed by atoms with Gasteiger partial charge in [0.25, 0.3) is 0 Å². The molecule has 3 saturated heterocycles. The van der Waals surface area contributed by atoms with E-state index < -0.39 is 0 Å². The number of hydrogen-bond donors (Lipinski definition) is 2. The van der Waals surface area contributed by atoms with E-state index in [9.17, 15) is 0 Å². The van der Waals surface area contributed by atoms with Gasteiger partial charge in [-0.3, -0.25) is 0 Å². The molecule has 0 amide bonds. The average molecular weight is 629 g/mol. The van der Waals surface area contributed by atoms with Crippen LogP contribution < -0.4 is 10.6 Å². The maximum atomic E-state index is 4.19. The van der Waals surface area contributed by atoms with Gasteiger partial charge in [0, 0.05) is 41.8 Å². The highest BCUT2D eigenvalue weighted by atomic mass is 15.2. The monoisotopic (exact) mass is 629 g/mol. The second-order valence-electron chi connectivity index (χ2n) is 17.9. The molecule has 8 rings (SSSR count). The molecular formula is C42H68N4. The van der Waals surface area contributed by atoms with Crippen LogP contribution >= 0.6 is 0 Å². The molecule has 256 valence electrons. The molecule has 14 atom stereocenters. The molecule has 46 heavy (non-hydrogen) atoms. The van der Waals surface area contributed by atoms with Crippen LogP contribution in [0, 0.1) is 47.3 Å². The van der Waals surface area contributed by atoms with Gasteiger partial charge in [-0.05, 0) is 150 Å². The van der Waals surface area contributed by atoms with E-state index in [1.54, 1.807) is 5.56 Å². The molecule has 6 fully saturated rings. The minimum atomic E-state index is 0.657. The van der Waals surface area contributed by atoms with E-state index in [0.717, 1.165) is 77.4 Å². The smallest absolute Gasteiger partial charge is 0.0378 e. The second kappa shape index (κ2) is 13.7. The third-order valence-corrected chi connectivity index (χ3v) is 16.0. The van der Waals surface area contributed by atoms with Crippen molar-refractivity contribution in [3.05, 3.63) is 29.8 Å². The van der Waals surface area contributed by atoms with Crippen molar-refractivity contribution in [2.45, 2.75) is 154 Å². The van der Waals surface area contributed by atoms with Crippen molar-refractivity contribution < 1.29 is 0 Å². The first-order valence-corrected chi connectivity index (χ1v) is 20.6. The van der Waals surface area contributed by atoms with Gasteiger partial charge in [0.05, 0.1) is 0 Å². The molecule has 0 aromatic heterocycles. The van der Waals surface area contributed by atoms with Gasteiger partial charge in [-0.1, -0.05) is 70.6 Å². The summed E-state index contributed by atoms with van der Waals surface area (Å²) in [5.74, 6) is 8.01. The topological polar surface area (TPSA) is 30.5 Å². The molecular weight excluding hydrogens is 560 g/mol. The fraction of sp³-hybridized carbons (Fsp3) is 0.857. The van der Waals surface area contributed by atoms with Crippen LogP contribution in [0.2, 0.25) is 0 Å². The molecule has 2 N–H and O–H groups in total. The van der Waals surface area contributed by atoms with Crippen molar-refractivity contribution in [2.24, 2.45) is 47.3 Å². The molecule has 4 aliphatic heterocycles. The Morgan fingerprint density at radius 1 is 0.609 bits per heavy atom. The van der Waals surface area contributed by atoms with Gasteiger partial charge in [0.15, 0.2) is 0 Å². The van der Waals surface area contributed by atoms with E-state index in [0.29, 0.717) is 6.04 Å². The van der Waals surface area contributed by atoms with E-state index in [-0.39, 0.29) is 0 Å². The van der Waals surface area contributed by atoms with Crippen LogP contribution in [0.3, 0.4) is 0 Å². The van der Waals surface area contributed by atoms with Crippen molar-refractivity contribution in [3.8, 4) is 0 Å². The Labute approximate surface area is 282 Å². The second-order valence-corrected chi connectivity index (χ2v) is 17.9. The molecule has 14 unspecified atom stereocenters. The van der Waals surface area contributed by atoms with E-state index >= 15 is 0 Å². The van der Waals surface area contributed by atoms with Gasteiger partial charge >= 0.3 is 0 Å². The summed E-state index contributed by atoms with van der Waals surface area (Å²) < 4.78 is 0. The number of fused-ring (bicyclic) bond motifs is 8. The van der Waals surface area contributed by atoms with Gasteiger partial charge in [0.2, 0.25) is 0 Å². The molecule has 1 aromatic rings. The zero-order chi connectivity index (χ0) is 31.4. The summed E-state index contributed by atoms with van der Waals surface area (Å²) in [4.78, 5) is 5.81. The van der Waals surface area contributed by atoms with Crippen LogP contribution in [0.5, 0.6) is 0 Å². The molecule has 3 saturated carbocycles. The Morgan fingerprint density at radius 3 is 1.93 bits per heavy atom. The fourth-order valence-electron chi connectivity index (χ4n) is 13.5. The largest absolute Gasteiger partial charge is 0.381 e. The van der Waals surface area contributed by atoms with Crippen LogP contribution in [0.15, 0.2) is 24.3 Å². The first-order chi connectivity index (χ1) is 22.5. The molecule has 3 aliphatic carbocycles. The average Bonchev–Trinajstić information content (AvgIpc) is 3.64.